The molecule has 1 aromatic carbocycles. The van der Waals surface area contributed by atoms with Crippen molar-refractivity contribution in [3.05, 3.63) is 29.3 Å². The highest BCUT2D eigenvalue weighted by Crippen LogP contribution is 2.21. The van der Waals surface area contributed by atoms with Gasteiger partial charge in [0.05, 0.1) is 13.7 Å². The summed E-state index contributed by atoms with van der Waals surface area (Å²) in [6.07, 6.45) is 0. The molecule has 0 aliphatic rings. The van der Waals surface area contributed by atoms with Crippen LogP contribution in [0.1, 0.15) is 5.56 Å². The zero-order chi connectivity index (χ0) is 13.7. The van der Waals surface area contributed by atoms with E-state index in [0.29, 0.717) is 6.54 Å². The minimum Gasteiger partial charge on any atom is -0.494 e. The van der Waals surface area contributed by atoms with Gasteiger partial charge < -0.3 is 20.5 Å². The topological polar surface area (TPSA) is 58.7 Å². The lowest BCUT2D eigenvalue weighted by molar-refractivity contribution is 0.217. The molecule has 0 saturated carbocycles. The average Bonchev–Trinajstić information content (AvgIpc) is 2.33. The Kier molecular flexibility index (Phi) is 5.46. The van der Waals surface area contributed by atoms with Crippen molar-refractivity contribution in [1.82, 2.24) is 4.90 Å². The van der Waals surface area contributed by atoms with Gasteiger partial charge in [-0.25, -0.2) is 8.78 Å². The van der Waals surface area contributed by atoms with Gasteiger partial charge in [0.25, 0.3) is 0 Å². The van der Waals surface area contributed by atoms with Crippen molar-refractivity contribution in [2.75, 3.05) is 27.3 Å². The van der Waals surface area contributed by atoms with E-state index in [9.17, 15) is 8.78 Å². The molecule has 0 fully saturated rings. The van der Waals surface area contributed by atoms with E-state index in [0.717, 1.165) is 12.1 Å². The van der Waals surface area contributed by atoms with Gasteiger partial charge in [-0.2, -0.15) is 0 Å². The van der Waals surface area contributed by atoms with Crippen LogP contribution in [0.2, 0.25) is 0 Å². The smallest absolute Gasteiger partial charge is 0.165 e. The quantitative estimate of drug-likeness (QED) is 0.791. The Morgan fingerprint density at radius 1 is 1.39 bits per heavy atom. The van der Waals surface area contributed by atoms with Crippen LogP contribution in [0.5, 0.6) is 5.75 Å². The van der Waals surface area contributed by atoms with Crippen LogP contribution < -0.4 is 10.5 Å². The second kappa shape index (κ2) is 6.63. The van der Waals surface area contributed by atoms with Crippen molar-refractivity contribution < 1.29 is 18.6 Å². The Hall–Kier alpha value is -1.24. The van der Waals surface area contributed by atoms with Crippen molar-refractivity contribution in [3.8, 4) is 5.75 Å². The number of aliphatic hydroxyl groups excluding tert-OH is 1. The van der Waals surface area contributed by atoms with Crippen molar-refractivity contribution in [3.63, 3.8) is 0 Å². The Labute approximate surface area is 105 Å². The maximum atomic E-state index is 13.6. The van der Waals surface area contributed by atoms with Gasteiger partial charge in [0.2, 0.25) is 0 Å². The summed E-state index contributed by atoms with van der Waals surface area (Å²) in [7, 11) is 3.00. The predicted molar refractivity (Wildman–Crippen MR) is 64.3 cm³/mol. The maximum Gasteiger partial charge on any atom is 0.165 e. The van der Waals surface area contributed by atoms with Crippen molar-refractivity contribution in [2.24, 2.45) is 5.73 Å². The van der Waals surface area contributed by atoms with Crippen molar-refractivity contribution in [2.45, 2.75) is 12.6 Å². The van der Waals surface area contributed by atoms with Gasteiger partial charge in [-0.05, 0) is 13.1 Å². The van der Waals surface area contributed by atoms with Crippen LogP contribution in [0.15, 0.2) is 12.1 Å². The maximum absolute atomic E-state index is 13.6. The number of halogens is 2. The molecule has 0 radical (unpaired) electrons. The molecule has 1 atom stereocenters. The molecule has 1 rings (SSSR count). The zero-order valence-corrected chi connectivity index (χ0v) is 10.5. The summed E-state index contributed by atoms with van der Waals surface area (Å²) in [4.78, 5) is 1.71. The van der Waals surface area contributed by atoms with E-state index < -0.39 is 17.7 Å². The fourth-order valence-corrected chi connectivity index (χ4v) is 1.66. The average molecular weight is 260 g/mol. The second-order valence-corrected chi connectivity index (χ2v) is 4.22. The summed E-state index contributed by atoms with van der Waals surface area (Å²) in [5, 5.41) is 8.81. The fraction of sp³-hybridized carbons (Fsp3) is 0.500. The normalized spacial score (nSPS) is 12.8. The fourth-order valence-electron chi connectivity index (χ4n) is 1.66. The molecule has 0 amide bonds. The SMILES string of the molecule is COc1cc(F)c(CN(C)CC(N)CO)cc1F. The molecule has 0 heterocycles. The monoisotopic (exact) mass is 260 g/mol. The number of likely N-dealkylation sites (N-methyl/N-ethyl adjacent to an activating group) is 1. The summed E-state index contributed by atoms with van der Waals surface area (Å²) in [6.45, 7) is 0.452. The van der Waals surface area contributed by atoms with Gasteiger partial charge in [-0.3, -0.25) is 0 Å². The molecule has 0 aliphatic carbocycles. The van der Waals surface area contributed by atoms with E-state index in [-0.39, 0.29) is 24.5 Å². The van der Waals surface area contributed by atoms with Gasteiger partial charge in [-0.15, -0.1) is 0 Å². The highest BCUT2D eigenvalue weighted by Gasteiger charge is 2.13. The third-order valence-electron chi connectivity index (χ3n) is 2.54. The summed E-state index contributed by atoms with van der Waals surface area (Å²) in [5.41, 5.74) is 5.78. The summed E-state index contributed by atoms with van der Waals surface area (Å²) < 4.78 is 31.8. The number of rotatable bonds is 6. The molecule has 0 bridgehead atoms. The van der Waals surface area contributed by atoms with E-state index in [1.165, 1.54) is 7.11 Å². The first kappa shape index (κ1) is 14.8. The van der Waals surface area contributed by atoms with Crippen LogP contribution in [0.25, 0.3) is 0 Å². The Balaban J connectivity index is 2.75. The highest BCUT2D eigenvalue weighted by atomic mass is 19.1. The molecule has 4 nitrogen and oxygen atoms in total. The van der Waals surface area contributed by atoms with E-state index in [2.05, 4.69) is 4.74 Å². The highest BCUT2D eigenvalue weighted by molar-refractivity contribution is 5.30. The summed E-state index contributed by atoms with van der Waals surface area (Å²) in [6, 6.07) is 1.72. The van der Waals surface area contributed by atoms with Gasteiger partial charge in [0.15, 0.2) is 11.6 Å². The van der Waals surface area contributed by atoms with Crippen molar-refractivity contribution in [1.29, 1.82) is 0 Å². The first-order valence-corrected chi connectivity index (χ1v) is 5.54. The van der Waals surface area contributed by atoms with E-state index >= 15 is 0 Å². The zero-order valence-electron chi connectivity index (χ0n) is 10.5. The van der Waals surface area contributed by atoms with Gasteiger partial charge in [0, 0.05) is 30.8 Å². The molecule has 0 aliphatic heterocycles. The summed E-state index contributed by atoms with van der Waals surface area (Å²) >= 11 is 0. The van der Waals surface area contributed by atoms with Crippen LogP contribution in [-0.2, 0) is 6.54 Å². The predicted octanol–water partition coefficient (Wildman–Crippen LogP) is 0.725. The van der Waals surface area contributed by atoms with Crippen LogP contribution in [0, 0.1) is 11.6 Å². The Bertz CT molecular complexity index is 402. The number of hydrogen-bond donors (Lipinski definition) is 2. The largest absolute Gasteiger partial charge is 0.494 e. The molecular weight excluding hydrogens is 242 g/mol. The molecule has 6 heteroatoms. The van der Waals surface area contributed by atoms with Crippen LogP contribution in [0.4, 0.5) is 8.78 Å². The molecule has 0 spiro atoms. The van der Waals surface area contributed by atoms with E-state index in [4.69, 9.17) is 10.8 Å². The minimum atomic E-state index is -0.603. The number of ether oxygens (including phenoxy) is 1. The number of benzene rings is 1. The molecule has 1 unspecified atom stereocenters. The van der Waals surface area contributed by atoms with Crippen LogP contribution in [0.3, 0.4) is 0 Å². The second-order valence-electron chi connectivity index (χ2n) is 4.22. The van der Waals surface area contributed by atoms with E-state index in [1.807, 2.05) is 0 Å². The van der Waals surface area contributed by atoms with Crippen molar-refractivity contribution >= 4 is 0 Å². The molecule has 3 N–H and O–H groups in total. The van der Waals surface area contributed by atoms with Crippen LogP contribution >= 0.6 is 0 Å². The lowest BCUT2D eigenvalue weighted by atomic mass is 10.1. The molecular formula is C12H18F2N2O2. The Morgan fingerprint density at radius 2 is 2.06 bits per heavy atom. The van der Waals surface area contributed by atoms with Gasteiger partial charge in [-0.1, -0.05) is 0 Å². The Morgan fingerprint density at radius 3 is 2.61 bits per heavy atom. The lowest BCUT2D eigenvalue weighted by Crippen LogP contribution is -2.37. The number of nitrogens with two attached hydrogens (primary N) is 1. The standard InChI is InChI=1S/C12H18F2N2O2/c1-16(6-9(15)7-17)5-8-3-11(14)12(18-2)4-10(8)13/h3-4,9,17H,5-7,15H2,1-2H3. The molecule has 1 aromatic rings. The number of aliphatic hydroxyl groups is 1. The summed E-state index contributed by atoms with van der Waals surface area (Å²) in [5.74, 6) is -1.25. The van der Waals surface area contributed by atoms with Gasteiger partial charge in [0.1, 0.15) is 5.82 Å². The van der Waals surface area contributed by atoms with E-state index in [1.54, 1.807) is 11.9 Å². The molecule has 0 aromatic heterocycles. The third kappa shape index (κ3) is 3.90. The molecule has 18 heavy (non-hydrogen) atoms. The minimum absolute atomic E-state index is 0.119. The number of hydrogen-bond acceptors (Lipinski definition) is 4. The lowest BCUT2D eigenvalue weighted by Gasteiger charge is -2.20. The number of nitrogens with zero attached hydrogens (tertiary/aromatic N) is 1. The first-order chi connectivity index (χ1) is 8.47. The van der Waals surface area contributed by atoms with Crippen LogP contribution in [-0.4, -0.2) is 43.4 Å². The van der Waals surface area contributed by atoms with Gasteiger partial charge >= 0.3 is 0 Å². The molecule has 0 saturated heterocycles. The third-order valence-corrected chi connectivity index (χ3v) is 2.54. The number of methoxy groups -OCH3 is 1. The molecule has 102 valence electrons. The first-order valence-electron chi connectivity index (χ1n) is 5.54.